The van der Waals surface area contributed by atoms with Crippen LogP contribution < -0.4 is 4.90 Å². The molecule has 1 aromatic heterocycles. The highest BCUT2D eigenvalue weighted by Crippen LogP contribution is 2.31. The lowest BCUT2D eigenvalue weighted by Gasteiger charge is -2.21. The number of β-amino-alcohol motifs (C(OH)–C–C–N with tert-alkyl or cyclic N) is 1. The minimum Gasteiger partial charge on any atom is -0.391 e. The third kappa shape index (κ3) is 3.13. The van der Waals surface area contributed by atoms with Gasteiger partial charge in [0.15, 0.2) is 0 Å². The molecule has 1 unspecified atom stereocenters. The monoisotopic (exact) mass is 292 g/mol. The number of rotatable bonds is 1. The van der Waals surface area contributed by atoms with Crippen molar-refractivity contribution in [2.45, 2.75) is 20.0 Å². The summed E-state index contributed by atoms with van der Waals surface area (Å²) in [4.78, 5) is 6.61. The van der Waals surface area contributed by atoms with Crippen LogP contribution in [-0.4, -0.2) is 29.3 Å². The summed E-state index contributed by atoms with van der Waals surface area (Å²) < 4.78 is 0. The van der Waals surface area contributed by atoms with Gasteiger partial charge < -0.3 is 10.0 Å². The van der Waals surface area contributed by atoms with Crippen molar-refractivity contribution in [1.82, 2.24) is 4.98 Å². The zero-order chi connectivity index (χ0) is 15.6. The van der Waals surface area contributed by atoms with E-state index in [1.54, 1.807) is 6.20 Å². The summed E-state index contributed by atoms with van der Waals surface area (Å²) in [6.07, 6.45) is 1.48. The lowest BCUT2D eigenvalue weighted by molar-refractivity contribution is 0.0964. The van der Waals surface area contributed by atoms with Crippen molar-refractivity contribution >= 4 is 5.82 Å². The quantitative estimate of drug-likeness (QED) is 0.821. The van der Waals surface area contributed by atoms with Gasteiger partial charge in [0.2, 0.25) is 0 Å². The largest absolute Gasteiger partial charge is 0.391 e. The van der Waals surface area contributed by atoms with Gasteiger partial charge in [-0.25, -0.2) is 4.98 Å². The highest BCUT2D eigenvalue weighted by molar-refractivity contribution is 5.47. The number of hydrogen-bond acceptors (Lipinski definition) is 3. The molecule has 1 aromatic carbocycles. The van der Waals surface area contributed by atoms with Gasteiger partial charge in [0, 0.05) is 35.8 Å². The Balaban J connectivity index is 1.73. The summed E-state index contributed by atoms with van der Waals surface area (Å²) in [7, 11) is 0. The molecule has 1 atom stereocenters. The molecule has 3 nitrogen and oxygen atoms in total. The fourth-order valence-electron chi connectivity index (χ4n) is 2.61. The molecule has 1 aliphatic heterocycles. The second kappa shape index (κ2) is 5.82. The van der Waals surface area contributed by atoms with Crippen molar-refractivity contribution in [2.75, 3.05) is 18.0 Å². The van der Waals surface area contributed by atoms with Crippen molar-refractivity contribution in [3.05, 3.63) is 59.8 Å². The molecule has 2 heterocycles. The van der Waals surface area contributed by atoms with Gasteiger partial charge in [0.05, 0.1) is 6.10 Å². The van der Waals surface area contributed by atoms with Gasteiger partial charge in [-0.2, -0.15) is 0 Å². The molecule has 0 amide bonds. The molecule has 0 spiro atoms. The Labute approximate surface area is 131 Å². The summed E-state index contributed by atoms with van der Waals surface area (Å²) in [5, 5.41) is 10.1. The molecular weight excluding hydrogens is 272 g/mol. The average Bonchev–Trinajstić information content (AvgIpc) is 2.80. The number of nitrogens with zero attached hydrogens (tertiary/aromatic N) is 2. The maximum Gasteiger partial charge on any atom is 0.128 e. The van der Waals surface area contributed by atoms with E-state index in [9.17, 15) is 5.11 Å². The lowest BCUT2D eigenvalue weighted by Crippen LogP contribution is -2.26. The van der Waals surface area contributed by atoms with Crippen LogP contribution in [0.5, 0.6) is 0 Å². The number of aromatic nitrogens is 1. The van der Waals surface area contributed by atoms with Crippen LogP contribution >= 0.6 is 0 Å². The molecule has 3 heteroatoms. The fraction of sp³-hybridized carbons (Fsp3) is 0.316. The van der Waals surface area contributed by atoms with Gasteiger partial charge in [0.25, 0.3) is 0 Å². The van der Waals surface area contributed by atoms with Gasteiger partial charge in [-0.05, 0) is 24.3 Å². The zero-order valence-electron chi connectivity index (χ0n) is 13.0. The van der Waals surface area contributed by atoms with Gasteiger partial charge in [-0.3, -0.25) is 0 Å². The second-order valence-corrected chi connectivity index (χ2v) is 6.41. The highest BCUT2D eigenvalue weighted by atomic mass is 16.3. The molecule has 0 aliphatic carbocycles. The maximum absolute atomic E-state index is 10.1. The zero-order valence-corrected chi connectivity index (χ0v) is 13.0. The molecule has 0 bridgehead atoms. The predicted molar refractivity (Wildman–Crippen MR) is 88.7 cm³/mol. The van der Waals surface area contributed by atoms with E-state index < -0.39 is 0 Å². The molecule has 0 radical (unpaired) electrons. The number of hydrogen-bond donors (Lipinski definition) is 1. The Bertz CT molecular complexity index is 696. The molecule has 2 aromatic rings. The van der Waals surface area contributed by atoms with E-state index in [1.165, 1.54) is 0 Å². The summed E-state index contributed by atoms with van der Waals surface area (Å²) in [6, 6.07) is 13.9. The molecule has 112 valence electrons. The van der Waals surface area contributed by atoms with Crippen molar-refractivity contribution in [2.24, 2.45) is 5.41 Å². The number of benzene rings is 1. The maximum atomic E-state index is 10.1. The summed E-state index contributed by atoms with van der Waals surface area (Å²) in [5.74, 6) is 7.15. The lowest BCUT2D eigenvalue weighted by atomic mass is 9.90. The molecule has 22 heavy (non-hydrogen) atoms. The first-order chi connectivity index (χ1) is 10.5. The molecule has 1 saturated heterocycles. The Kier molecular flexibility index (Phi) is 3.87. The predicted octanol–water partition coefficient (Wildman–Crippen LogP) is 2.69. The van der Waals surface area contributed by atoms with E-state index in [4.69, 9.17) is 0 Å². The smallest absolute Gasteiger partial charge is 0.128 e. The van der Waals surface area contributed by atoms with E-state index in [2.05, 4.69) is 35.6 Å². The minimum absolute atomic E-state index is 0.0898. The van der Waals surface area contributed by atoms with E-state index in [-0.39, 0.29) is 11.5 Å². The van der Waals surface area contributed by atoms with E-state index >= 15 is 0 Å². The fourth-order valence-corrected chi connectivity index (χ4v) is 2.61. The van der Waals surface area contributed by atoms with Crippen molar-refractivity contribution < 1.29 is 5.11 Å². The molecule has 1 aliphatic rings. The third-order valence-electron chi connectivity index (χ3n) is 4.09. The summed E-state index contributed by atoms with van der Waals surface area (Å²) in [6.45, 7) is 5.61. The first-order valence-corrected chi connectivity index (χ1v) is 7.51. The van der Waals surface area contributed by atoms with Crippen LogP contribution in [0.1, 0.15) is 25.0 Å². The van der Waals surface area contributed by atoms with Crippen LogP contribution in [0.2, 0.25) is 0 Å². The van der Waals surface area contributed by atoms with Gasteiger partial charge >= 0.3 is 0 Å². The number of anilines is 1. The first-order valence-electron chi connectivity index (χ1n) is 7.51. The van der Waals surface area contributed by atoms with Crippen LogP contribution in [0.3, 0.4) is 0 Å². The molecular formula is C19H20N2O. The Morgan fingerprint density at radius 3 is 2.41 bits per heavy atom. The molecule has 3 rings (SSSR count). The second-order valence-electron chi connectivity index (χ2n) is 6.41. The topological polar surface area (TPSA) is 36.4 Å². The van der Waals surface area contributed by atoms with Crippen molar-refractivity contribution in [3.63, 3.8) is 0 Å². The van der Waals surface area contributed by atoms with Crippen LogP contribution in [0, 0.1) is 17.3 Å². The van der Waals surface area contributed by atoms with Gasteiger partial charge in [-0.1, -0.05) is 43.9 Å². The van der Waals surface area contributed by atoms with Crippen LogP contribution in [0.4, 0.5) is 5.82 Å². The van der Waals surface area contributed by atoms with Crippen LogP contribution in [0.25, 0.3) is 0 Å². The SMILES string of the molecule is CC1(C)CN(c2ccc(C#Cc3ccccc3)cn2)CC1O. The molecule has 1 N–H and O–H groups in total. The Hall–Kier alpha value is -2.31. The number of aliphatic hydroxyl groups excluding tert-OH is 1. The third-order valence-corrected chi connectivity index (χ3v) is 4.09. The minimum atomic E-state index is -0.313. The van der Waals surface area contributed by atoms with E-state index in [1.807, 2.05) is 42.5 Å². The van der Waals surface area contributed by atoms with E-state index in [0.29, 0.717) is 6.54 Å². The molecule has 1 fully saturated rings. The average molecular weight is 292 g/mol. The van der Waals surface area contributed by atoms with E-state index in [0.717, 1.165) is 23.5 Å². The Morgan fingerprint density at radius 2 is 1.82 bits per heavy atom. The highest BCUT2D eigenvalue weighted by Gasteiger charge is 2.38. The number of pyridine rings is 1. The standard InChI is InChI=1S/C19H20N2O/c1-19(2)14-21(13-17(19)22)18-11-10-16(12-20-18)9-8-15-6-4-3-5-7-15/h3-7,10-12,17,22H,13-14H2,1-2H3. The van der Waals surface area contributed by atoms with Crippen molar-refractivity contribution in [1.29, 1.82) is 0 Å². The first kappa shape index (κ1) is 14.6. The van der Waals surface area contributed by atoms with Crippen LogP contribution in [0.15, 0.2) is 48.7 Å². The normalized spacial score (nSPS) is 19.6. The summed E-state index contributed by atoms with van der Waals surface area (Å²) >= 11 is 0. The summed E-state index contributed by atoms with van der Waals surface area (Å²) in [5.41, 5.74) is 1.80. The van der Waals surface area contributed by atoms with Crippen LogP contribution in [-0.2, 0) is 0 Å². The van der Waals surface area contributed by atoms with Gasteiger partial charge in [-0.15, -0.1) is 0 Å². The molecule has 0 saturated carbocycles. The van der Waals surface area contributed by atoms with Gasteiger partial charge in [0.1, 0.15) is 5.82 Å². The Morgan fingerprint density at radius 1 is 1.09 bits per heavy atom. The van der Waals surface area contributed by atoms with Crippen molar-refractivity contribution in [3.8, 4) is 11.8 Å². The number of aliphatic hydroxyl groups is 1.